The average molecular weight is 286 g/mol. The summed E-state index contributed by atoms with van der Waals surface area (Å²) in [5.74, 6) is 0.724. The molecule has 3 N–H and O–H groups in total. The lowest BCUT2D eigenvalue weighted by molar-refractivity contribution is -0.136. The van der Waals surface area contributed by atoms with Crippen molar-refractivity contribution in [1.82, 2.24) is 0 Å². The molecule has 112 valence electrons. The molecule has 0 bridgehead atoms. The number of anilines is 2. The van der Waals surface area contributed by atoms with Crippen LogP contribution in [0.5, 0.6) is 0 Å². The predicted octanol–water partition coefficient (Wildman–Crippen LogP) is 4.67. The molecule has 0 aromatic heterocycles. The number of benzene rings is 1. The van der Waals surface area contributed by atoms with Crippen molar-refractivity contribution in [1.29, 1.82) is 0 Å². The maximum absolute atomic E-state index is 13.0. The normalized spacial score (nSPS) is 23.6. The van der Waals surface area contributed by atoms with E-state index in [0.29, 0.717) is 0 Å². The van der Waals surface area contributed by atoms with Crippen LogP contribution in [0.2, 0.25) is 0 Å². The van der Waals surface area contributed by atoms with Gasteiger partial charge in [0.2, 0.25) is 0 Å². The molecule has 5 heteroatoms. The Morgan fingerprint density at radius 2 is 1.85 bits per heavy atom. The second-order valence-electron chi connectivity index (χ2n) is 5.57. The average Bonchev–Trinajstić information content (AvgIpc) is 2.40. The zero-order chi connectivity index (χ0) is 14.8. The van der Waals surface area contributed by atoms with Gasteiger partial charge in [0.1, 0.15) is 0 Å². The molecule has 0 saturated heterocycles. The molecule has 0 atom stereocenters. The molecule has 1 saturated carbocycles. The zero-order valence-corrected chi connectivity index (χ0v) is 11.6. The fourth-order valence-corrected chi connectivity index (χ4v) is 2.86. The van der Waals surface area contributed by atoms with Gasteiger partial charge in [-0.25, -0.2) is 0 Å². The van der Waals surface area contributed by atoms with Crippen molar-refractivity contribution in [3.8, 4) is 0 Å². The number of nitrogens with two attached hydrogens (primary N) is 1. The third-order valence-corrected chi connectivity index (χ3v) is 4.13. The summed E-state index contributed by atoms with van der Waals surface area (Å²) in [5, 5.41) is 3.05. The van der Waals surface area contributed by atoms with E-state index in [9.17, 15) is 13.2 Å². The van der Waals surface area contributed by atoms with E-state index in [1.165, 1.54) is 12.1 Å². The maximum atomic E-state index is 13.0. The summed E-state index contributed by atoms with van der Waals surface area (Å²) in [6, 6.07) is 4.07. The van der Waals surface area contributed by atoms with E-state index in [0.717, 1.165) is 44.1 Å². The Balaban J connectivity index is 2.10. The Hall–Kier alpha value is -1.39. The van der Waals surface area contributed by atoms with Gasteiger partial charge in [0.25, 0.3) is 0 Å². The summed E-state index contributed by atoms with van der Waals surface area (Å²) in [4.78, 5) is 0. The van der Waals surface area contributed by atoms with Crippen LogP contribution >= 0.6 is 0 Å². The number of nitrogen functional groups attached to an aromatic ring is 1. The van der Waals surface area contributed by atoms with Gasteiger partial charge >= 0.3 is 6.18 Å². The Bertz CT molecular complexity index is 449. The Kier molecular flexibility index (Phi) is 4.45. The van der Waals surface area contributed by atoms with Gasteiger partial charge in [-0.15, -0.1) is 0 Å². The van der Waals surface area contributed by atoms with Crippen LogP contribution in [0, 0.1) is 5.92 Å². The minimum Gasteiger partial charge on any atom is -0.399 e. The highest BCUT2D eigenvalue weighted by molar-refractivity contribution is 5.59. The van der Waals surface area contributed by atoms with E-state index in [4.69, 9.17) is 5.73 Å². The molecule has 0 radical (unpaired) electrons. The number of hydrogen-bond donors (Lipinski definition) is 2. The van der Waals surface area contributed by atoms with Crippen LogP contribution in [0.4, 0.5) is 24.5 Å². The number of alkyl halides is 3. The number of hydrogen-bond acceptors (Lipinski definition) is 2. The van der Waals surface area contributed by atoms with Crippen LogP contribution in [0.1, 0.15) is 44.6 Å². The van der Waals surface area contributed by atoms with Gasteiger partial charge in [0, 0.05) is 17.4 Å². The van der Waals surface area contributed by atoms with Crippen molar-refractivity contribution < 1.29 is 13.2 Å². The topological polar surface area (TPSA) is 38.0 Å². The Morgan fingerprint density at radius 3 is 2.40 bits per heavy atom. The number of halogens is 3. The largest absolute Gasteiger partial charge is 0.418 e. The number of rotatable bonds is 3. The molecule has 20 heavy (non-hydrogen) atoms. The first-order chi connectivity index (χ1) is 9.40. The molecule has 0 amide bonds. The molecule has 1 aliphatic carbocycles. The van der Waals surface area contributed by atoms with Crippen molar-refractivity contribution in [2.75, 3.05) is 11.1 Å². The fourth-order valence-electron chi connectivity index (χ4n) is 2.86. The standard InChI is InChI=1S/C15H21F3N2/c1-2-10-3-6-12(7-4-10)20-14-8-5-11(19)9-13(14)15(16,17)18/h5,8-10,12,20H,2-4,6-7,19H2,1H3. The molecule has 1 aliphatic rings. The smallest absolute Gasteiger partial charge is 0.399 e. The summed E-state index contributed by atoms with van der Waals surface area (Å²) < 4.78 is 39.0. The van der Waals surface area contributed by atoms with Crippen LogP contribution in [0.15, 0.2) is 18.2 Å². The van der Waals surface area contributed by atoms with Crippen LogP contribution in [0.25, 0.3) is 0 Å². The maximum Gasteiger partial charge on any atom is 0.418 e. The monoisotopic (exact) mass is 286 g/mol. The molecule has 1 aromatic carbocycles. The molecule has 0 aliphatic heterocycles. The lowest BCUT2D eigenvalue weighted by Gasteiger charge is -2.30. The second-order valence-corrected chi connectivity index (χ2v) is 5.57. The lowest BCUT2D eigenvalue weighted by atomic mass is 9.84. The molecule has 0 spiro atoms. The molecular weight excluding hydrogens is 265 g/mol. The Morgan fingerprint density at radius 1 is 1.20 bits per heavy atom. The minimum atomic E-state index is -4.38. The molecule has 0 heterocycles. The zero-order valence-electron chi connectivity index (χ0n) is 11.6. The van der Waals surface area contributed by atoms with E-state index >= 15 is 0 Å². The fraction of sp³-hybridized carbons (Fsp3) is 0.600. The summed E-state index contributed by atoms with van der Waals surface area (Å²) in [6.07, 6.45) is 0.816. The number of nitrogens with one attached hydrogen (secondary N) is 1. The van der Waals surface area contributed by atoms with E-state index in [1.54, 1.807) is 0 Å². The van der Waals surface area contributed by atoms with Crippen LogP contribution in [0.3, 0.4) is 0 Å². The molecule has 0 unspecified atom stereocenters. The molecule has 2 nitrogen and oxygen atoms in total. The Labute approximate surface area is 117 Å². The summed E-state index contributed by atoms with van der Waals surface area (Å²) in [7, 11) is 0. The van der Waals surface area contributed by atoms with E-state index < -0.39 is 11.7 Å². The molecule has 1 fully saturated rings. The predicted molar refractivity (Wildman–Crippen MR) is 75.5 cm³/mol. The lowest BCUT2D eigenvalue weighted by Crippen LogP contribution is -2.27. The van der Waals surface area contributed by atoms with Gasteiger partial charge in [-0.05, 0) is 49.8 Å². The van der Waals surface area contributed by atoms with Gasteiger partial charge in [0.15, 0.2) is 0 Å². The summed E-state index contributed by atoms with van der Waals surface area (Å²) in [5.41, 5.74) is 5.08. The van der Waals surface area contributed by atoms with Gasteiger partial charge in [-0.3, -0.25) is 0 Å². The first-order valence-electron chi connectivity index (χ1n) is 7.13. The minimum absolute atomic E-state index is 0.127. The quantitative estimate of drug-likeness (QED) is 0.792. The second kappa shape index (κ2) is 5.94. The molecule has 2 rings (SSSR count). The highest BCUT2D eigenvalue weighted by Gasteiger charge is 2.34. The van der Waals surface area contributed by atoms with Gasteiger partial charge < -0.3 is 11.1 Å². The SMILES string of the molecule is CCC1CCC(Nc2ccc(N)cc2C(F)(F)F)CC1. The van der Waals surface area contributed by atoms with Crippen molar-refractivity contribution in [2.45, 2.75) is 51.2 Å². The first-order valence-corrected chi connectivity index (χ1v) is 7.13. The third-order valence-electron chi connectivity index (χ3n) is 4.13. The van der Waals surface area contributed by atoms with Crippen molar-refractivity contribution in [3.63, 3.8) is 0 Å². The van der Waals surface area contributed by atoms with Crippen LogP contribution < -0.4 is 11.1 Å². The van der Waals surface area contributed by atoms with Crippen LogP contribution in [-0.2, 0) is 6.18 Å². The highest BCUT2D eigenvalue weighted by atomic mass is 19.4. The third kappa shape index (κ3) is 3.58. The van der Waals surface area contributed by atoms with Gasteiger partial charge in [-0.2, -0.15) is 13.2 Å². The van der Waals surface area contributed by atoms with Gasteiger partial charge in [0.05, 0.1) is 5.56 Å². The first kappa shape index (κ1) is 15.0. The van der Waals surface area contributed by atoms with E-state index in [1.807, 2.05) is 0 Å². The summed E-state index contributed by atoms with van der Waals surface area (Å²) >= 11 is 0. The van der Waals surface area contributed by atoms with Crippen molar-refractivity contribution in [2.24, 2.45) is 5.92 Å². The van der Waals surface area contributed by atoms with Crippen molar-refractivity contribution in [3.05, 3.63) is 23.8 Å². The summed E-state index contributed by atoms with van der Waals surface area (Å²) in [6.45, 7) is 2.17. The van der Waals surface area contributed by atoms with Crippen molar-refractivity contribution >= 4 is 11.4 Å². The van der Waals surface area contributed by atoms with Gasteiger partial charge in [-0.1, -0.05) is 13.3 Å². The molecule has 1 aromatic rings. The van der Waals surface area contributed by atoms with E-state index in [-0.39, 0.29) is 17.4 Å². The molecular formula is C15H21F3N2. The highest BCUT2D eigenvalue weighted by Crippen LogP contribution is 2.37. The van der Waals surface area contributed by atoms with Crippen LogP contribution in [-0.4, -0.2) is 6.04 Å². The van der Waals surface area contributed by atoms with E-state index in [2.05, 4.69) is 12.2 Å².